The van der Waals surface area contributed by atoms with Gasteiger partial charge < -0.3 is 9.80 Å². The molecule has 0 bridgehead atoms. The summed E-state index contributed by atoms with van der Waals surface area (Å²) < 4.78 is 0.851. The monoisotopic (exact) mass is 453 g/mol. The molecule has 0 N–H and O–H groups in total. The average molecular weight is 454 g/mol. The molecule has 0 aliphatic carbocycles. The van der Waals surface area contributed by atoms with Gasteiger partial charge in [-0.25, -0.2) is 9.97 Å². The van der Waals surface area contributed by atoms with Gasteiger partial charge in [-0.05, 0) is 53.7 Å². The summed E-state index contributed by atoms with van der Waals surface area (Å²) in [6, 6.07) is 7.99. The highest BCUT2D eigenvalue weighted by atomic mass is 79.9. The number of hydrogen-bond donors (Lipinski definition) is 0. The molecule has 3 heterocycles. The molecule has 1 aliphatic heterocycles. The summed E-state index contributed by atoms with van der Waals surface area (Å²) >= 11 is 3.37. The van der Waals surface area contributed by atoms with E-state index in [0.717, 1.165) is 52.3 Å². The summed E-state index contributed by atoms with van der Waals surface area (Å²) in [5, 5.41) is 0.923. The molecule has 3 aromatic rings. The van der Waals surface area contributed by atoms with Crippen LogP contribution in [-0.2, 0) is 0 Å². The van der Waals surface area contributed by atoms with Gasteiger partial charge in [-0.15, -0.1) is 0 Å². The summed E-state index contributed by atoms with van der Waals surface area (Å²) in [4.78, 5) is 31.0. The topological polar surface area (TPSA) is 62.2 Å². The minimum absolute atomic E-state index is 0.0934. The van der Waals surface area contributed by atoms with Crippen LogP contribution in [0.1, 0.15) is 35.2 Å². The normalized spacial score (nSPS) is 16.8. The number of likely N-dealkylation sites (N-methyl/N-ethyl adjacent to an activating group) is 1. The Morgan fingerprint density at radius 3 is 2.72 bits per heavy atom. The number of aryl methyl sites for hydroxylation is 1. The van der Waals surface area contributed by atoms with Crippen molar-refractivity contribution in [2.75, 3.05) is 25.0 Å². The van der Waals surface area contributed by atoms with Gasteiger partial charge >= 0.3 is 0 Å². The molecule has 0 saturated carbocycles. The molecule has 0 radical (unpaired) electrons. The van der Waals surface area contributed by atoms with Gasteiger partial charge in [-0.2, -0.15) is 0 Å². The number of fused-ring (bicyclic) bond motifs is 1. The SMILES string of the molecule is Cc1cnc2ccccc2c1C(=O)N1CCCC[C@H]1CN(C)c1ncc(Br)cn1. The van der Waals surface area contributed by atoms with Crippen LogP contribution in [0.4, 0.5) is 5.95 Å². The zero-order valence-corrected chi connectivity index (χ0v) is 18.3. The number of halogens is 1. The number of anilines is 1. The van der Waals surface area contributed by atoms with Crippen LogP contribution in [0.25, 0.3) is 10.9 Å². The van der Waals surface area contributed by atoms with Crippen molar-refractivity contribution in [2.45, 2.75) is 32.2 Å². The fourth-order valence-corrected chi connectivity index (χ4v) is 4.23. The Labute approximate surface area is 179 Å². The summed E-state index contributed by atoms with van der Waals surface area (Å²) in [6.07, 6.45) is 8.43. The third-order valence-electron chi connectivity index (χ3n) is 5.50. The van der Waals surface area contributed by atoms with Gasteiger partial charge in [0.25, 0.3) is 5.91 Å². The zero-order valence-electron chi connectivity index (χ0n) is 16.7. The van der Waals surface area contributed by atoms with Crippen LogP contribution in [0.3, 0.4) is 0 Å². The number of carbonyl (C=O) groups excluding carboxylic acids is 1. The van der Waals surface area contributed by atoms with E-state index >= 15 is 0 Å². The Balaban J connectivity index is 1.61. The smallest absolute Gasteiger partial charge is 0.255 e. The first-order chi connectivity index (χ1) is 14.0. The van der Waals surface area contributed by atoms with Crippen molar-refractivity contribution in [1.82, 2.24) is 19.9 Å². The molecule has 150 valence electrons. The molecule has 1 aliphatic rings. The fraction of sp³-hybridized carbons (Fsp3) is 0.364. The zero-order chi connectivity index (χ0) is 20.4. The van der Waals surface area contributed by atoms with Gasteiger partial charge in [0.2, 0.25) is 5.95 Å². The fourth-order valence-electron chi connectivity index (χ4n) is 4.03. The lowest BCUT2D eigenvalue weighted by Gasteiger charge is -2.38. The average Bonchev–Trinajstić information content (AvgIpc) is 2.74. The predicted molar refractivity (Wildman–Crippen MR) is 118 cm³/mol. The molecule has 0 unspecified atom stereocenters. The van der Waals surface area contributed by atoms with Crippen molar-refractivity contribution in [1.29, 1.82) is 0 Å². The number of likely N-dealkylation sites (tertiary alicyclic amines) is 1. The number of piperidine rings is 1. The number of carbonyl (C=O) groups is 1. The molecular weight excluding hydrogens is 430 g/mol. The summed E-state index contributed by atoms with van der Waals surface area (Å²) in [6.45, 7) is 3.44. The highest BCUT2D eigenvalue weighted by Gasteiger charge is 2.30. The summed E-state index contributed by atoms with van der Waals surface area (Å²) in [5.74, 6) is 0.757. The van der Waals surface area contributed by atoms with E-state index in [4.69, 9.17) is 0 Å². The minimum atomic E-state index is 0.0934. The number of amides is 1. The second kappa shape index (κ2) is 8.45. The number of para-hydroxylation sites is 1. The predicted octanol–water partition coefficient (Wildman–Crippen LogP) is 4.23. The van der Waals surface area contributed by atoms with Crippen LogP contribution in [-0.4, -0.2) is 51.9 Å². The van der Waals surface area contributed by atoms with E-state index in [-0.39, 0.29) is 11.9 Å². The lowest BCUT2D eigenvalue weighted by molar-refractivity contribution is 0.0623. The molecule has 1 saturated heterocycles. The van der Waals surface area contributed by atoms with E-state index in [9.17, 15) is 4.79 Å². The van der Waals surface area contributed by atoms with Crippen molar-refractivity contribution in [3.05, 3.63) is 58.5 Å². The van der Waals surface area contributed by atoms with Crippen molar-refractivity contribution >= 4 is 38.7 Å². The summed E-state index contributed by atoms with van der Waals surface area (Å²) in [5.41, 5.74) is 2.54. The molecule has 1 aromatic carbocycles. The van der Waals surface area contributed by atoms with Gasteiger partial charge in [0, 0.05) is 50.2 Å². The number of hydrogen-bond acceptors (Lipinski definition) is 5. The number of pyridine rings is 1. The van der Waals surface area contributed by atoms with Gasteiger partial charge in [0.1, 0.15) is 0 Å². The third kappa shape index (κ3) is 4.10. The van der Waals surface area contributed by atoms with Crippen molar-refractivity contribution in [3.63, 3.8) is 0 Å². The summed E-state index contributed by atoms with van der Waals surface area (Å²) in [7, 11) is 1.98. The molecule has 1 fully saturated rings. The molecule has 1 amide bonds. The highest BCUT2D eigenvalue weighted by molar-refractivity contribution is 9.10. The standard InChI is InChI=1S/C22H24BrN5O/c1-15-11-24-19-9-4-3-8-18(19)20(15)21(29)28-10-6-5-7-17(28)14-27(2)22-25-12-16(23)13-26-22/h3-4,8-9,11-13,17H,5-7,10,14H2,1-2H3/t17-/m0/s1. The van der Waals surface area contributed by atoms with E-state index < -0.39 is 0 Å². The molecular formula is C22H24BrN5O. The lowest BCUT2D eigenvalue weighted by atomic mass is 9.97. The maximum absolute atomic E-state index is 13.6. The van der Waals surface area contributed by atoms with E-state index in [0.29, 0.717) is 12.5 Å². The molecule has 29 heavy (non-hydrogen) atoms. The van der Waals surface area contributed by atoms with E-state index in [1.807, 2.05) is 48.0 Å². The van der Waals surface area contributed by atoms with Gasteiger partial charge in [0.05, 0.1) is 15.6 Å². The molecule has 2 aromatic heterocycles. The Morgan fingerprint density at radius 1 is 1.17 bits per heavy atom. The van der Waals surface area contributed by atoms with E-state index in [2.05, 4.69) is 30.9 Å². The molecule has 4 rings (SSSR count). The second-order valence-corrected chi connectivity index (χ2v) is 8.48. The van der Waals surface area contributed by atoms with Crippen molar-refractivity contribution < 1.29 is 4.79 Å². The first-order valence-electron chi connectivity index (χ1n) is 9.88. The molecule has 6 nitrogen and oxygen atoms in total. The van der Waals surface area contributed by atoms with Crippen molar-refractivity contribution in [3.8, 4) is 0 Å². The Kier molecular flexibility index (Phi) is 5.76. The Morgan fingerprint density at radius 2 is 1.93 bits per heavy atom. The maximum Gasteiger partial charge on any atom is 0.255 e. The lowest BCUT2D eigenvalue weighted by Crippen LogP contribution is -2.49. The van der Waals surface area contributed by atoms with Crippen molar-refractivity contribution in [2.24, 2.45) is 0 Å². The maximum atomic E-state index is 13.6. The second-order valence-electron chi connectivity index (χ2n) is 7.56. The molecule has 7 heteroatoms. The molecule has 0 spiro atoms. The number of nitrogens with zero attached hydrogens (tertiary/aromatic N) is 5. The Hall–Kier alpha value is -2.54. The number of rotatable bonds is 4. The van der Waals surface area contributed by atoms with Gasteiger partial charge in [-0.1, -0.05) is 18.2 Å². The van der Waals surface area contributed by atoms with E-state index in [1.54, 1.807) is 18.6 Å². The van der Waals surface area contributed by atoms with Crippen LogP contribution in [0.2, 0.25) is 0 Å². The van der Waals surface area contributed by atoms with Crippen LogP contribution in [0.15, 0.2) is 47.3 Å². The van der Waals surface area contributed by atoms with Crippen LogP contribution in [0.5, 0.6) is 0 Å². The number of benzene rings is 1. The highest BCUT2D eigenvalue weighted by Crippen LogP contribution is 2.26. The van der Waals surface area contributed by atoms with Crippen LogP contribution < -0.4 is 4.90 Å². The van der Waals surface area contributed by atoms with Gasteiger partial charge in [0.15, 0.2) is 0 Å². The van der Waals surface area contributed by atoms with E-state index in [1.165, 1.54) is 0 Å². The first kappa shape index (κ1) is 19.8. The van der Waals surface area contributed by atoms with Gasteiger partial charge in [-0.3, -0.25) is 9.78 Å². The Bertz CT molecular complexity index is 1020. The quantitative estimate of drug-likeness (QED) is 0.591. The third-order valence-corrected chi connectivity index (χ3v) is 5.91. The molecule has 1 atom stereocenters. The largest absolute Gasteiger partial charge is 0.342 e. The minimum Gasteiger partial charge on any atom is -0.342 e. The van der Waals surface area contributed by atoms with Crippen LogP contribution in [0, 0.1) is 6.92 Å². The number of aromatic nitrogens is 3. The first-order valence-corrected chi connectivity index (χ1v) is 10.7. The van der Waals surface area contributed by atoms with Crippen LogP contribution >= 0.6 is 15.9 Å².